The summed E-state index contributed by atoms with van der Waals surface area (Å²) in [7, 11) is 0. The predicted molar refractivity (Wildman–Crippen MR) is 83.4 cm³/mol. The van der Waals surface area contributed by atoms with Crippen LogP contribution in [0.5, 0.6) is 5.75 Å². The van der Waals surface area contributed by atoms with Crippen LogP contribution in [0.3, 0.4) is 0 Å². The minimum absolute atomic E-state index is 0.0286. The predicted octanol–water partition coefficient (Wildman–Crippen LogP) is 0.691. The summed E-state index contributed by atoms with van der Waals surface area (Å²) in [5, 5.41) is 0. The van der Waals surface area contributed by atoms with E-state index in [1.54, 1.807) is 34.1 Å². The molecule has 2 amide bonds. The zero-order chi connectivity index (χ0) is 16.2. The number of piperazine rings is 1. The van der Waals surface area contributed by atoms with Crippen LogP contribution in [0, 0.1) is 0 Å². The molecule has 1 aromatic carbocycles. The molecule has 2 N–H and O–H groups in total. The Morgan fingerprint density at radius 1 is 1.30 bits per heavy atom. The van der Waals surface area contributed by atoms with Gasteiger partial charge in [0.1, 0.15) is 12.4 Å². The van der Waals surface area contributed by atoms with E-state index < -0.39 is 0 Å². The Labute approximate surface area is 134 Å². The van der Waals surface area contributed by atoms with Gasteiger partial charge in [0.05, 0.1) is 12.6 Å². The zero-order valence-corrected chi connectivity index (χ0v) is 12.9. The van der Waals surface area contributed by atoms with E-state index in [1.807, 2.05) is 0 Å². The van der Waals surface area contributed by atoms with Crippen LogP contribution in [0.2, 0.25) is 0 Å². The van der Waals surface area contributed by atoms with E-state index in [0.29, 0.717) is 45.0 Å². The monoisotopic (exact) mass is 319 g/mol. The molecule has 0 bridgehead atoms. The van der Waals surface area contributed by atoms with Crippen LogP contribution in [0.25, 0.3) is 0 Å². The second-order valence-electron chi connectivity index (χ2n) is 5.69. The fourth-order valence-corrected chi connectivity index (χ4v) is 2.82. The lowest BCUT2D eigenvalue weighted by molar-refractivity contribution is 0.0617. The number of hydrogen-bond donors (Lipinski definition) is 1. The highest BCUT2D eigenvalue weighted by atomic mass is 16.6. The summed E-state index contributed by atoms with van der Waals surface area (Å²) in [5.41, 5.74) is 6.04. The molecule has 1 atom stereocenters. The van der Waals surface area contributed by atoms with E-state index in [-0.39, 0.29) is 18.0 Å². The number of rotatable bonds is 5. The molecular weight excluding hydrogens is 298 g/mol. The van der Waals surface area contributed by atoms with Crippen LogP contribution < -0.4 is 10.5 Å². The van der Waals surface area contributed by atoms with Gasteiger partial charge in [0.2, 0.25) is 0 Å². The first-order chi connectivity index (χ1) is 11.2. The molecule has 7 heteroatoms. The van der Waals surface area contributed by atoms with Crippen LogP contribution in [0.4, 0.5) is 4.79 Å². The fraction of sp³-hybridized carbons (Fsp3) is 0.500. The van der Waals surface area contributed by atoms with Crippen molar-refractivity contribution in [2.24, 2.45) is 5.73 Å². The summed E-state index contributed by atoms with van der Waals surface area (Å²) in [6.45, 7) is 3.09. The molecule has 0 spiro atoms. The lowest BCUT2D eigenvalue weighted by atomic mass is 10.1. The first-order valence-corrected chi connectivity index (χ1v) is 7.84. The lowest BCUT2D eigenvalue weighted by Gasteiger charge is -2.35. The number of carbonyl (C=O) groups excluding carboxylic acids is 2. The van der Waals surface area contributed by atoms with E-state index in [9.17, 15) is 9.59 Å². The van der Waals surface area contributed by atoms with E-state index in [1.165, 1.54) is 0 Å². The third kappa shape index (κ3) is 3.39. The molecule has 0 aliphatic carbocycles. The van der Waals surface area contributed by atoms with E-state index in [0.717, 1.165) is 12.2 Å². The first-order valence-electron chi connectivity index (χ1n) is 7.84. The van der Waals surface area contributed by atoms with Crippen molar-refractivity contribution in [3.63, 3.8) is 0 Å². The third-order valence-electron chi connectivity index (χ3n) is 4.12. The summed E-state index contributed by atoms with van der Waals surface area (Å²) in [6, 6.07) is 7.09. The quantitative estimate of drug-likeness (QED) is 0.807. The van der Waals surface area contributed by atoms with Gasteiger partial charge in [0.15, 0.2) is 0 Å². The van der Waals surface area contributed by atoms with Crippen molar-refractivity contribution >= 4 is 12.0 Å². The summed E-state index contributed by atoms with van der Waals surface area (Å²) >= 11 is 0. The third-order valence-corrected chi connectivity index (χ3v) is 4.12. The zero-order valence-electron chi connectivity index (χ0n) is 12.9. The summed E-state index contributed by atoms with van der Waals surface area (Å²) < 4.78 is 10.5. The molecule has 2 heterocycles. The normalized spacial score (nSPS) is 20.2. The van der Waals surface area contributed by atoms with Crippen molar-refractivity contribution < 1.29 is 19.1 Å². The molecular formula is C16H21N3O4. The minimum Gasteiger partial charge on any atom is -0.494 e. The number of fused-ring (bicyclic) bond motifs is 1. The van der Waals surface area contributed by atoms with Gasteiger partial charge in [-0.05, 0) is 37.2 Å². The molecule has 2 aliphatic rings. The van der Waals surface area contributed by atoms with Crippen molar-refractivity contribution in [3.8, 4) is 5.75 Å². The average Bonchev–Trinajstić information content (AvgIpc) is 2.96. The molecule has 0 saturated carbocycles. The molecule has 2 fully saturated rings. The standard InChI is InChI=1S/C16H21N3O4/c17-6-1-9-22-14-4-2-12(3-5-14)15(20)18-7-8-19-13(10-18)11-23-16(19)21/h2-5,13H,1,6-11,17H2/t13-/m1/s1. The van der Waals surface area contributed by atoms with Gasteiger partial charge in [-0.2, -0.15) is 0 Å². The molecule has 2 aliphatic heterocycles. The molecule has 0 unspecified atom stereocenters. The van der Waals surface area contributed by atoms with Crippen molar-refractivity contribution in [2.45, 2.75) is 12.5 Å². The van der Waals surface area contributed by atoms with Crippen LogP contribution in [0.15, 0.2) is 24.3 Å². The Morgan fingerprint density at radius 2 is 2.09 bits per heavy atom. The van der Waals surface area contributed by atoms with Crippen LogP contribution in [-0.2, 0) is 4.74 Å². The maximum atomic E-state index is 12.6. The molecule has 2 saturated heterocycles. The summed E-state index contributed by atoms with van der Waals surface area (Å²) in [4.78, 5) is 27.5. The molecule has 124 valence electrons. The van der Waals surface area contributed by atoms with Gasteiger partial charge in [-0.25, -0.2) is 4.79 Å². The maximum absolute atomic E-state index is 12.6. The largest absolute Gasteiger partial charge is 0.494 e. The second-order valence-corrected chi connectivity index (χ2v) is 5.69. The van der Waals surface area contributed by atoms with Gasteiger partial charge in [0, 0.05) is 25.2 Å². The number of amides is 2. The molecule has 0 radical (unpaired) electrons. The SMILES string of the molecule is NCCCOc1ccc(C(=O)N2CCN3C(=O)OC[C@H]3C2)cc1. The summed E-state index contributed by atoms with van der Waals surface area (Å²) in [5.74, 6) is 0.701. The Morgan fingerprint density at radius 3 is 2.83 bits per heavy atom. The van der Waals surface area contributed by atoms with Crippen molar-refractivity contribution in [1.29, 1.82) is 0 Å². The highest BCUT2D eigenvalue weighted by Crippen LogP contribution is 2.20. The van der Waals surface area contributed by atoms with Crippen LogP contribution in [0.1, 0.15) is 16.8 Å². The highest BCUT2D eigenvalue weighted by Gasteiger charge is 2.38. The average molecular weight is 319 g/mol. The van der Waals surface area contributed by atoms with Crippen LogP contribution in [-0.4, -0.2) is 67.2 Å². The van der Waals surface area contributed by atoms with E-state index >= 15 is 0 Å². The van der Waals surface area contributed by atoms with Crippen molar-refractivity contribution in [1.82, 2.24) is 9.80 Å². The number of ether oxygens (including phenoxy) is 2. The number of cyclic esters (lactones) is 1. The van der Waals surface area contributed by atoms with E-state index in [4.69, 9.17) is 15.2 Å². The van der Waals surface area contributed by atoms with Gasteiger partial charge < -0.3 is 20.1 Å². The lowest BCUT2D eigenvalue weighted by Crippen LogP contribution is -2.53. The Balaban J connectivity index is 1.59. The van der Waals surface area contributed by atoms with Gasteiger partial charge in [0.25, 0.3) is 5.91 Å². The number of hydrogen-bond acceptors (Lipinski definition) is 5. The van der Waals surface area contributed by atoms with Gasteiger partial charge in [-0.3, -0.25) is 9.69 Å². The minimum atomic E-state index is -0.277. The summed E-state index contributed by atoms with van der Waals surface area (Å²) in [6.07, 6.45) is 0.522. The molecule has 0 aromatic heterocycles. The van der Waals surface area contributed by atoms with Crippen molar-refractivity contribution in [3.05, 3.63) is 29.8 Å². The molecule has 7 nitrogen and oxygen atoms in total. The molecule has 1 aromatic rings. The van der Waals surface area contributed by atoms with Gasteiger partial charge in [-0.1, -0.05) is 0 Å². The smallest absolute Gasteiger partial charge is 0.410 e. The van der Waals surface area contributed by atoms with Gasteiger partial charge >= 0.3 is 6.09 Å². The number of benzene rings is 1. The fourth-order valence-electron chi connectivity index (χ4n) is 2.82. The topological polar surface area (TPSA) is 85.1 Å². The molecule has 3 rings (SSSR count). The van der Waals surface area contributed by atoms with Crippen LogP contribution >= 0.6 is 0 Å². The Kier molecular flexibility index (Phi) is 4.66. The molecule has 23 heavy (non-hydrogen) atoms. The second kappa shape index (κ2) is 6.87. The maximum Gasteiger partial charge on any atom is 0.410 e. The highest BCUT2D eigenvalue weighted by molar-refractivity contribution is 5.94. The Hall–Kier alpha value is -2.28. The van der Waals surface area contributed by atoms with E-state index in [2.05, 4.69) is 0 Å². The number of nitrogens with two attached hydrogens (primary N) is 1. The first kappa shape index (κ1) is 15.6. The van der Waals surface area contributed by atoms with Gasteiger partial charge in [-0.15, -0.1) is 0 Å². The Bertz CT molecular complexity index is 575. The number of carbonyl (C=O) groups is 2. The van der Waals surface area contributed by atoms with Crippen molar-refractivity contribution in [2.75, 3.05) is 39.4 Å². The number of nitrogens with zero attached hydrogens (tertiary/aromatic N) is 2.